The molecule has 42 heavy (non-hydrogen) atoms. The third kappa shape index (κ3) is 7.49. The van der Waals surface area contributed by atoms with Gasteiger partial charge in [-0.15, -0.1) is 0 Å². The molecule has 2 atom stereocenters. The molecular weight excluding hydrogens is 548 g/mol. The van der Waals surface area contributed by atoms with Crippen LogP contribution >= 0.6 is 11.8 Å². The molecule has 3 aromatic carbocycles. The second-order valence-electron chi connectivity index (χ2n) is 10.1. The second kappa shape index (κ2) is 15.4. The largest absolute Gasteiger partial charge is 0.467 e. The van der Waals surface area contributed by atoms with Gasteiger partial charge in [-0.2, -0.15) is 11.8 Å². The third-order valence-corrected chi connectivity index (χ3v) is 7.86. The molecule has 0 radical (unpaired) electrons. The van der Waals surface area contributed by atoms with Crippen molar-refractivity contribution in [1.82, 2.24) is 15.6 Å². The maximum absolute atomic E-state index is 13.8. The van der Waals surface area contributed by atoms with Gasteiger partial charge in [-0.1, -0.05) is 67.9 Å². The monoisotopic (exact) mass is 588 g/mol. The number of para-hydroxylation sites is 1. The molecule has 3 aromatic rings. The molecule has 1 amide bonds. The van der Waals surface area contributed by atoms with Gasteiger partial charge in [-0.05, 0) is 82.7 Å². The Balaban J connectivity index is 1.67. The maximum Gasteiger partial charge on any atom is 0.328 e. The van der Waals surface area contributed by atoms with E-state index < -0.39 is 12.0 Å². The molecule has 222 valence electrons. The van der Waals surface area contributed by atoms with E-state index in [-0.39, 0.29) is 12.2 Å². The van der Waals surface area contributed by atoms with E-state index in [1.165, 1.54) is 7.11 Å². The molecule has 0 fully saturated rings. The number of thioether (sulfide) groups is 1. The minimum Gasteiger partial charge on any atom is -0.467 e. The Morgan fingerprint density at radius 1 is 1.02 bits per heavy atom. The Labute approximate surface area is 252 Å². The molecule has 0 spiro atoms. The fourth-order valence-electron chi connectivity index (χ4n) is 4.94. The first-order chi connectivity index (χ1) is 20.5. The van der Waals surface area contributed by atoms with Crippen molar-refractivity contribution >= 4 is 29.3 Å². The van der Waals surface area contributed by atoms with E-state index in [2.05, 4.69) is 28.0 Å². The number of nitrogens with zero attached hydrogens (tertiary/aromatic N) is 4. The van der Waals surface area contributed by atoms with Crippen LogP contribution in [0.4, 0.5) is 5.69 Å². The molecule has 0 bridgehead atoms. The number of rotatable bonds is 14. The zero-order chi connectivity index (χ0) is 29.9. The van der Waals surface area contributed by atoms with Gasteiger partial charge >= 0.3 is 5.97 Å². The number of carbonyl (C=O) groups is 2. The summed E-state index contributed by atoms with van der Waals surface area (Å²) >= 11 is 1.62. The SMILES string of the molecule is CCCCN1N=NN(c2ccccc2)C1NCc1cccc(C(=O)N[C@@H](CCSC)C(=O)OC)c1-c1ccccc1C. The van der Waals surface area contributed by atoms with Gasteiger partial charge < -0.3 is 10.1 Å². The highest BCUT2D eigenvalue weighted by atomic mass is 32.2. The van der Waals surface area contributed by atoms with Crippen LogP contribution in [0.1, 0.15) is 47.7 Å². The number of benzene rings is 3. The summed E-state index contributed by atoms with van der Waals surface area (Å²) in [5.74, 6) is -0.0407. The first kappa shape index (κ1) is 31.1. The van der Waals surface area contributed by atoms with Gasteiger partial charge in [0.15, 0.2) is 6.29 Å². The van der Waals surface area contributed by atoms with Gasteiger partial charge in [0.2, 0.25) is 0 Å². The molecular formula is C32H40N6O3S. The lowest BCUT2D eigenvalue weighted by Crippen LogP contribution is -2.49. The first-order valence-electron chi connectivity index (χ1n) is 14.3. The van der Waals surface area contributed by atoms with Crippen molar-refractivity contribution in [3.8, 4) is 11.1 Å². The third-order valence-electron chi connectivity index (χ3n) is 7.21. The second-order valence-corrected chi connectivity index (χ2v) is 11.1. The van der Waals surface area contributed by atoms with Gasteiger partial charge in [0, 0.05) is 18.7 Å². The predicted octanol–water partition coefficient (Wildman–Crippen LogP) is 5.96. The number of amides is 1. The van der Waals surface area contributed by atoms with Crippen molar-refractivity contribution in [3.05, 3.63) is 89.5 Å². The molecule has 4 rings (SSSR count). The van der Waals surface area contributed by atoms with Crippen molar-refractivity contribution in [1.29, 1.82) is 0 Å². The summed E-state index contributed by atoms with van der Waals surface area (Å²) in [5, 5.41) is 19.4. The van der Waals surface area contributed by atoms with Crippen molar-refractivity contribution in [2.24, 2.45) is 10.4 Å². The average molecular weight is 589 g/mol. The molecule has 0 aromatic heterocycles. The molecule has 1 aliphatic heterocycles. The molecule has 1 unspecified atom stereocenters. The Hall–Kier alpha value is -3.89. The van der Waals surface area contributed by atoms with Crippen molar-refractivity contribution in [2.45, 2.75) is 52.0 Å². The first-order valence-corrected chi connectivity index (χ1v) is 15.7. The smallest absolute Gasteiger partial charge is 0.328 e. The standard InChI is InChI=1S/C32H40N6O3S/c1-5-6-20-37-32(38(36-35-37)25-15-8-7-9-16-25)33-22-24-14-12-18-27(29(24)26-17-11-10-13-23(26)2)30(39)34-28(19-21-42-4)31(40)41-3/h7-18,28,32-33H,5-6,19-22H2,1-4H3,(H,34,39)/t28-,32?/m0/s1. The summed E-state index contributed by atoms with van der Waals surface area (Å²) in [6.07, 6.45) is 4.19. The lowest BCUT2D eigenvalue weighted by Gasteiger charge is -2.29. The number of esters is 1. The number of anilines is 1. The number of ether oxygens (including phenoxy) is 1. The predicted molar refractivity (Wildman–Crippen MR) is 169 cm³/mol. The van der Waals surface area contributed by atoms with Gasteiger partial charge in [0.05, 0.1) is 12.8 Å². The Morgan fingerprint density at radius 3 is 2.50 bits per heavy atom. The fraction of sp³-hybridized carbons (Fsp3) is 0.375. The van der Waals surface area contributed by atoms with E-state index >= 15 is 0 Å². The van der Waals surface area contributed by atoms with Gasteiger partial charge in [0.25, 0.3) is 5.91 Å². The number of carbonyl (C=O) groups excluding carboxylic acids is 2. The highest BCUT2D eigenvalue weighted by molar-refractivity contribution is 7.98. The van der Waals surface area contributed by atoms with E-state index in [9.17, 15) is 9.59 Å². The molecule has 0 aliphatic carbocycles. The van der Waals surface area contributed by atoms with Crippen LogP contribution in [-0.4, -0.2) is 54.9 Å². The maximum atomic E-state index is 13.8. The highest BCUT2D eigenvalue weighted by Crippen LogP contribution is 2.32. The normalized spacial score (nSPS) is 15.1. The lowest BCUT2D eigenvalue weighted by atomic mass is 9.91. The summed E-state index contributed by atoms with van der Waals surface area (Å²) < 4.78 is 4.98. The van der Waals surface area contributed by atoms with Crippen LogP contribution in [0.15, 0.2) is 83.2 Å². The minimum absolute atomic E-state index is 0.295. The molecule has 9 nitrogen and oxygen atoms in total. The van der Waals surface area contributed by atoms with Gasteiger partial charge in [-0.25, -0.2) is 14.8 Å². The van der Waals surface area contributed by atoms with Gasteiger partial charge in [-0.3, -0.25) is 10.1 Å². The summed E-state index contributed by atoms with van der Waals surface area (Å²) in [5.41, 5.74) is 5.22. The number of hydrogen-bond acceptors (Lipinski definition) is 9. The fourth-order valence-corrected chi connectivity index (χ4v) is 5.41. The highest BCUT2D eigenvalue weighted by Gasteiger charge is 2.31. The molecule has 1 aliphatic rings. The van der Waals surface area contributed by atoms with Crippen LogP contribution < -0.4 is 15.6 Å². The average Bonchev–Trinajstić information content (AvgIpc) is 3.43. The molecule has 0 saturated heterocycles. The lowest BCUT2D eigenvalue weighted by molar-refractivity contribution is -0.142. The van der Waals surface area contributed by atoms with Crippen LogP contribution in [0, 0.1) is 6.92 Å². The van der Waals surface area contributed by atoms with Crippen LogP contribution in [0.5, 0.6) is 0 Å². The summed E-state index contributed by atoms with van der Waals surface area (Å²) in [6.45, 7) is 5.41. The van der Waals surface area contributed by atoms with E-state index in [4.69, 9.17) is 4.74 Å². The molecule has 2 N–H and O–H groups in total. The zero-order valence-corrected chi connectivity index (χ0v) is 25.6. The molecule has 10 heteroatoms. The van der Waals surface area contributed by atoms with E-state index in [0.717, 1.165) is 53.1 Å². The topological polar surface area (TPSA) is 98.6 Å². The number of nitrogens with one attached hydrogen (secondary N) is 2. The summed E-state index contributed by atoms with van der Waals surface area (Å²) in [6, 6.07) is 23.0. The van der Waals surface area contributed by atoms with Crippen LogP contribution in [-0.2, 0) is 16.1 Å². The number of hydrogen-bond donors (Lipinski definition) is 2. The number of unbranched alkanes of at least 4 members (excludes halogenated alkanes) is 1. The Morgan fingerprint density at radius 2 is 1.79 bits per heavy atom. The van der Waals surface area contributed by atoms with Crippen molar-refractivity contribution in [2.75, 3.05) is 30.7 Å². The van der Waals surface area contributed by atoms with Crippen LogP contribution in [0.25, 0.3) is 11.1 Å². The Kier molecular flexibility index (Phi) is 11.4. The Bertz CT molecular complexity index is 1370. The molecule has 1 heterocycles. The van der Waals surface area contributed by atoms with E-state index in [0.29, 0.717) is 18.5 Å². The van der Waals surface area contributed by atoms with Crippen molar-refractivity contribution in [3.63, 3.8) is 0 Å². The number of methoxy groups -OCH3 is 1. The van der Waals surface area contributed by atoms with Crippen LogP contribution in [0.3, 0.4) is 0 Å². The zero-order valence-electron chi connectivity index (χ0n) is 24.7. The van der Waals surface area contributed by atoms with Crippen molar-refractivity contribution < 1.29 is 14.3 Å². The molecule has 0 saturated carbocycles. The van der Waals surface area contributed by atoms with Crippen LogP contribution in [0.2, 0.25) is 0 Å². The van der Waals surface area contributed by atoms with E-state index in [1.807, 2.05) is 96.0 Å². The van der Waals surface area contributed by atoms with E-state index in [1.54, 1.807) is 11.8 Å². The summed E-state index contributed by atoms with van der Waals surface area (Å²) in [4.78, 5) is 26.3. The quantitative estimate of drug-likeness (QED) is 0.224. The van der Waals surface area contributed by atoms with Gasteiger partial charge in [0.1, 0.15) is 6.04 Å². The minimum atomic E-state index is -0.727. The summed E-state index contributed by atoms with van der Waals surface area (Å²) in [7, 11) is 1.34. The number of aryl methyl sites for hydroxylation is 1.